The Morgan fingerprint density at radius 1 is 1.33 bits per heavy atom. The third kappa shape index (κ3) is 4.88. The fourth-order valence-corrected chi connectivity index (χ4v) is 4.23. The second kappa shape index (κ2) is 7.89. The number of hydrogen-bond acceptors (Lipinski definition) is 4. The van der Waals surface area contributed by atoms with Gasteiger partial charge < -0.3 is 9.84 Å². The first kappa shape index (κ1) is 18.6. The molecule has 9 heteroatoms. The van der Waals surface area contributed by atoms with E-state index in [0.29, 0.717) is 19.4 Å². The molecule has 1 N–H and O–H groups in total. The molecule has 2 rings (SSSR count). The maximum Gasteiger partial charge on any atom is 0.303 e. The van der Waals surface area contributed by atoms with Crippen molar-refractivity contribution >= 4 is 16.0 Å². The van der Waals surface area contributed by atoms with Crippen molar-refractivity contribution in [1.29, 1.82) is 0 Å². The van der Waals surface area contributed by atoms with Crippen LogP contribution in [0.4, 0.5) is 8.78 Å². The van der Waals surface area contributed by atoms with Gasteiger partial charge in [0, 0.05) is 19.5 Å². The largest absolute Gasteiger partial charge is 0.488 e. The van der Waals surface area contributed by atoms with E-state index in [2.05, 4.69) is 0 Å². The number of piperidine rings is 1. The molecule has 24 heavy (non-hydrogen) atoms. The Labute approximate surface area is 139 Å². The van der Waals surface area contributed by atoms with Gasteiger partial charge in [0.2, 0.25) is 10.0 Å². The van der Waals surface area contributed by atoms with Crippen molar-refractivity contribution in [2.75, 3.05) is 19.7 Å². The Bertz CT molecular complexity index is 663. The van der Waals surface area contributed by atoms with E-state index in [1.807, 2.05) is 0 Å². The maximum atomic E-state index is 12.6. The van der Waals surface area contributed by atoms with Crippen LogP contribution in [0.15, 0.2) is 29.2 Å². The lowest BCUT2D eigenvalue weighted by molar-refractivity contribution is -0.138. The van der Waals surface area contributed by atoms with Crippen molar-refractivity contribution in [3.05, 3.63) is 24.3 Å². The molecule has 1 aromatic rings. The summed E-state index contributed by atoms with van der Waals surface area (Å²) >= 11 is 0. The van der Waals surface area contributed by atoms with Crippen molar-refractivity contribution in [2.24, 2.45) is 5.92 Å². The van der Waals surface area contributed by atoms with Gasteiger partial charge in [0.15, 0.2) is 0 Å². The van der Waals surface area contributed by atoms with Crippen LogP contribution in [0.2, 0.25) is 0 Å². The zero-order chi connectivity index (χ0) is 17.7. The molecule has 1 heterocycles. The summed E-state index contributed by atoms with van der Waals surface area (Å²) in [5, 5.41) is 8.86. The van der Waals surface area contributed by atoms with Gasteiger partial charge in [-0.25, -0.2) is 17.2 Å². The Morgan fingerprint density at radius 2 is 2.00 bits per heavy atom. The van der Waals surface area contributed by atoms with Gasteiger partial charge >= 0.3 is 5.97 Å². The van der Waals surface area contributed by atoms with Gasteiger partial charge in [-0.3, -0.25) is 4.79 Å². The van der Waals surface area contributed by atoms with Crippen molar-refractivity contribution in [2.45, 2.75) is 30.6 Å². The maximum absolute atomic E-state index is 12.6. The highest BCUT2D eigenvalue weighted by atomic mass is 32.2. The Morgan fingerprint density at radius 3 is 2.58 bits per heavy atom. The van der Waals surface area contributed by atoms with Crippen LogP contribution in [0.5, 0.6) is 5.75 Å². The molecule has 1 unspecified atom stereocenters. The van der Waals surface area contributed by atoms with Crippen molar-refractivity contribution in [1.82, 2.24) is 4.31 Å². The number of hydrogen-bond donors (Lipinski definition) is 1. The van der Waals surface area contributed by atoms with Crippen LogP contribution in [0.1, 0.15) is 19.3 Å². The molecule has 0 aliphatic carbocycles. The molecule has 0 radical (unpaired) electrons. The average molecular weight is 363 g/mol. The average Bonchev–Trinajstić information content (AvgIpc) is 2.53. The highest BCUT2D eigenvalue weighted by Crippen LogP contribution is 2.26. The molecule has 0 spiro atoms. The summed E-state index contributed by atoms with van der Waals surface area (Å²) in [5.41, 5.74) is 0. The van der Waals surface area contributed by atoms with Crippen LogP contribution in [0, 0.1) is 5.92 Å². The molecule has 0 aromatic heterocycles. The number of carbonyl (C=O) groups is 1. The zero-order valence-electron chi connectivity index (χ0n) is 12.9. The summed E-state index contributed by atoms with van der Waals surface area (Å²) in [6.07, 6.45) is -1.38. The topological polar surface area (TPSA) is 83.9 Å². The smallest absolute Gasteiger partial charge is 0.303 e. The minimum atomic E-state index is -3.74. The van der Waals surface area contributed by atoms with E-state index in [1.165, 1.54) is 28.6 Å². The first-order valence-corrected chi connectivity index (χ1v) is 8.96. The third-order valence-electron chi connectivity index (χ3n) is 3.78. The summed E-state index contributed by atoms with van der Waals surface area (Å²) in [5.74, 6) is -0.990. The van der Waals surface area contributed by atoms with E-state index in [9.17, 15) is 22.0 Å². The molecule has 0 saturated carbocycles. The Balaban J connectivity index is 2.07. The van der Waals surface area contributed by atoms with E-state index in [1.54, 1.807) is 0 Å². The molecule has 1 aliphatic rings. The van der Waals surface area contributed by atoms with Gasteiger partial charge in [-0.15, -0.1) is 0 Å². The molecule has 0 amide bonds. The molecule has 1 aromatic carbocycles. The molecule has 1 aliphatic heterocycles. The molecule has 1 saturated heterocycles. The Hall–Kier alpha value is -1.74. The summed E-state index contributed by atoms with van der Waals surface area (Å²) < 4.78 is 55.5. The van der Waals surface area contributed by atoms with E-state index < -0.39 is 29.0 Å². The summed E-state index contributed by atoms with van der Waals surface area (Å²) in [6, 6.07) is 5.26. The number of aliphatic carboxylic acids is 1. The van der Waals surface area contributed by atoms with E-state index >= 15 is 0 Å². The standard InChI is InChI=1S/C15H19F2NO5S/c16-14(17)10-23-12-3-5-13(6-4-12)24(21,22)18-7-1-2-11(9-18)8-15(19)20/h3-6,11,14H,1-2,7-10H2,(H,19,20). The minimum Gasteiger partial charge on any atom is -0.488 e. The van der Waals surface area contributed by atoms with Crippen LogP contribution in [-0.4, -0.2) is 49.9 Å². The third-order valence-corrected chi connectivity index (χ3v) is 5.66. The van der Waals surface area contributed by atoms with Gasteiger partial charge in [-0.05, 0) is 43.0 Å². The second-order valence-electron chi connectivity index (χ2n) is 5.64. The number of alkyl halides is 2. The molecular formula is C15H19F2NO5S. The van der Waals surface area contributed by atoms with Gasteiger partial charge in [0.05, 0.1) is 4.90 Å². The lowest BCUT2D eigenvalue weighted by atomic mass is 9.96. The Kier molecular flexibility index (Phi) is 6.11. The van der Waals surface area contributed by atoms with Crippen molar-refractivity contribution < 1.29 is 31.8 Å². The monoisotopic (exact) mass is 363 g/mol. The lowest BCUT2D eigenvalue weighted by Gasteiger charge is -2.31. The second-order valence-corrected chi connectivity index (χ2v) is 7.58. The van der Waals surface area contributed by atoms with Crippen molar-refractivity contribution in [3.8, 4) is 5.75 Å². The first-order chi connectivity index (χ1) is 11.3. The van der Waals surface area contributed by atoms with E-state index in [0.717, 1.165) is 0 Å². The van der Waals surface area contributed by atoms with Crippen LogP contribution in [0.3, 0.4) is 0 Å². The molecule has 134 valence electrons. The quantitative estimate of drug-likeness (QED) is 0.803. The number of carboxylic acid groups (broad SMARTS) is 1. The number of sulfonamides is 1. The SMILES string of the molecule is O=C(O)CC1CCCN(S(=O)(=O)c2ccc(OCC(F)F)cc2)C1. The van der Waals surface area contributed by atoms with Gasteiger partial charge in [0.1, 0.15) is 12.4 Å². The van der Waals surface area contributed by atoms with Crippen LogP contribution in [0.25, 0.3) is 0 Å². The number of ether oxygens (including phenoxy) is 1. The molecule has 1 fully saturated rings. The van der Waals surface area contributed by atoms with Crippen LogP contribution in [-0.2, 0) is 14.8 Å². The highest BCUT2D eigenvalue weighted by molar-refractivity contribution is 7.89. The summed E-state index contributed by atoms with van der Waals surface area (Å²) in [4.78, 5) is 10.8. The van der Waals surface area contributed by atoms with Crippen molar-refractivity contribution in [3.63, 3.8) is 0 Å². The predicted octanol–water partition coefficient (Wildman–Crippen LogP) is 2.21. The summed E-state index contributed by atoms with van der Waals surface area (Å²) in [7, 11) is -3.74. The van der Waals surface area contributed by atoms with Gasteiger partial charge in [-0.1, -0.05) is 0 Å². The number of carboxylic acids is 1. The molecule has 1 atom stereocenters. The number of rotatable bonds is 7. The fourth-order valence-electron chi connectivity index (χ4n) is 2.67. The minimum absolute atomic E-state index is 0.0304. The first-order valence-electron chi connectivity index (χ1n) is 7.52. The molecular weight excluding hydrogens is 344 g/mol. The molecule has 6 nitrogen and oxygen atoms in total. The normalized spacial score (nSPS) is 19.4. The zero-order valence-corrected chi connectivity index (χ0v) is 13.7. The van der Waals surface area contributed by atoms with E-state index in [-0.39, 0.29) is 29.5 Å². The fraction of sp³-hybridized carbons (Fsp3) is 0.533. The van der Waals surface area contributed by atoms with Gasteiger partial charge in [-0.2, -0.15) is 4.31 Å². The van der Waals surface area contributed by atoms with E-state index in [4.69, 9.17) is 9.84 Å². The molecule has 0 bridgehead atoms. The van der Waals surface area contributed by atoms with Crippen LogP contribution >= 0.6 is 0 Å². The lowest BCUT2D eigenvalue weighted by Crippen LogP contribution is -2.40. The highest BCUT2D eigenvalue weighted by Gasteiger charge is 2.31. The number of benzene rings is 1. The number of halogens is 2. The predicted molar refractivity (Wildman–Crippen MR) is 81.7 cm³/mol. The number of nitrogens with zero attached hydrogens (tertiary/aromatic N) is 1. The summed E-state index contributed by atoms with van der Waals surface area (Å²) in [6.45, 7) is -0.255. The van der Waals surface area contributed by atoms with Gasteiger partial charge in [0.25, 0.3) is 6.43 Å². The van der Waals surface area contributed by atoms with Crippen LogP contribution < -0.4 is 4.74 Å².